The van der Waals surface area contributed by atoms with Crippen molar-refractivity contribution in [1.82, 2.24) is 16.3 Å². The summed E-state index contributed by atoms with van der Waals surface area (Å²) in [5.74, 6) is -4.52. The zero-order valence-electron chi connectivity index (χ0n) is 20.8. The molecule has 0 aliphatic rings. The fourth-order valence-corrected chi connectivity index (χ4v) is 2.81. The molecular formula is C24H33F3N4O5. The lowest BCUT2D eigenvalue weighted by molar-refractivity contribution is -0.121. The van der Waals surface area contributed by atoms with Crippen LogP contribution in [0.2, 0.25) is 0 Å². The summed E-state index contributed by atoms with van der Waals surface area (Å²) in [6.07, 6.45) is 0.625. The molecule has 0 aromatic heterocycles. The van der Waals surface area contributed by atoms with E-state index in [-0.39, 0.29) is 55.5 Å². The third-order valence-corrected chi connectivity index (χ3v) is 4.56. The summed E-state index contributed by atoms with van der Waals surface area (Å²) in [7, 11) is 1.51. The Balaban J connectivity index is 0.00000316. The maximum Gasteiger partial charge on any atom is 0.277 e. The molecule has 36 heavy (non-hydrogen) atoms. The number of rotatable bonds is 13. The molecule has 0 atom stereocenters. The zero-order valence-corrected chi connectivity index (χ0v) is 20.8. The highest BCUT2D eigenvalue weighted by Crippen LogP contribution is 2.30. The Morgan fingerprint density at radius 2 is 1.75 bits per heavy atom. The topological polar surface area (TPSA) is 121 Å². The average molecular weight is 515 g/mol. The van der Waals surface area contributed by atoms with Crippen LogP contribution in [-0.2, 0) is 21.0 Å². The molecule has 0 bridgehead atoms. The highest BCUT2D eigenvalue weighted by molar-refractivity contribution is 6.00. The number of hydrogen-bond acceptors (Lipinski definition) is 7. The van der Waals surface area contributed by atoms with Crippen molar-refractivity contribution in [3.8, 4) is 0 Å². The minimum Gasteiger partial charge on any atom is -0.394 e. The number of halogens is 3. The predicted octanol–water partition coefficient (Wildman–Crippen LogP) is 3.38. The van der Waals surface area contributed by atoms with Gasteiger partial charge in [-0.15, -0.1) is 0 Å². The van der Waals surface area contributed by atoms with E-state index >= 15 is 0 Å². The molecule has 0 saturated carbocycles. The fourth-order valence-electron chi connectivity index (χ4n) is 2.81. The largest absolute Gasteiger partial charge is 0.394 e. The number of aryl methyl sites for hydroxylation is 1. The molecule has 12 heteroatoms. The molecule has 0 saturated heterocycles. The number of nitrogens with one attached hydrogen (secondary N) is 4. The second-order valence-electron chi connectivity index (χ2n) is 7.14. The van der Waals surface area contributed by atoms with Gasteiger partial charge in [0.25, 0.3) is 5.91 Å². The highest BCUT2D eigenvalue weighted by atomic mass is 19.2. The normalized spacial score (nSPS) is 10.3. The maximum atomic E-state index is 15.0. The summed E-state index contributed by atoms with van der Waals surface area (Å²) in [6, 6.07) is 5.14. The summed E-state index contributed by atoms with van der Waals surface area (Å²) in [6.45, 7) is 4.87. The van der Waals surface area contributed by atoms with E-state index in [1.165, 1.54) is 19.2 Å². The van der Waals surface area contributed by atoms with Gasteiger partial charge in [-0.25, -0.2) is 18.7 Å². The van der Waals surface area contributed by atoms with Crippen LogP contribution < -0.4 is 21.6 Å². The second kappa shape index (κ2) is 16.5. The number of carbonyl (C=O) groups is 2. The van der Waals surface area contributed by atoms with Crippen LogP contribution >= 0.6 is 0 Å². The third kappa shape index (κ3) is 9.46. The first-order chi connectivity index (χ1) is 17.3. The number of hydroxylamine groups is 2. The Hall–Kier alpha value is -3.19. The third-order valence-electron chi connectivity index (χ3n) is 4.56. The Morgan fingerprint density at radius 3 is 2.39 bits per heavy atom. The summed E-state index contributed by atoms with van der Waals surface area (Å²) in [5.41, 5.74) is 3.70. The van der Waals surface area contributed by atoms with Crippen LogP contribution in [-0.4, -0.2) is 43.8 Å². The molecule has 0 unspecified atom stereocenters. The van der Waals surface area contributed by atoms with E-state index in [4.69, 9.17) is 14.8 Å². The molecule has 2 amide bonds. The Morgan fingerprint density at radius 1 is 1.03 bits per heavy atom. The van der Waals surface area contributed by atoms with E-state index < -0.39 is 29.0 Å². The molecule has 0 heterocycles. The van der Waals surface area contributed by atoms with E-state index in [1.807, 2.05) is 19.3 Å². The fraction of sp³-hybridized carbons (Fsp3) is 0.417. The van der Waals surface area contributed by atoms with Crippen molar-refractivity contribution in [2.75, 3.05) is 32.2 Å². The highest BCUT2D eigenvalue weighted by Gasteiger charge is 2.24. The minimum absolute atomic E-state index is 0.131. The van der Waals surface area contributed by atoms with Crippen molar-refractivity contribution < 1.29 is 37.5 Å². The minimum atomic E-state index is -1.41. The number of benzene rings is 2. The summed E-state index contributed by atoms with van der Waals surface area (Å²) < 4.78 is 44.0. The van der Waals surface area contributed by atoms with Gasteiger partial charge in [-0.05, 0) is 37.1 Å². The van der Waals surface area contributed by atoms with Crippen molar-refractivity contribution in [3.05, 3.63) is 58.4 Å². The first-order valence-corrected chi connectivity index (χ1v) is 11.4. The van der Waals surface area contributed by atoms with Gasteiger partial charge in [-0.3, -0.25) is 14.4 Å². The number of aliphatic hydroxyl groups excluding tert-OH is 1. The molecule has 0 fully saturated rings. The number of carbonyl (C=O) groups excluding carboxylic acids is 2. The van der Waals surface area contributed by atoms with Crippen molar-refractivity contribution in [2.45, 2.75) is 40.2 Å². The number of aliphatic hydroxyl groups is 1. The first kappa shape index (κ1) is 30.8. The van der Waals surface area contributed by atoms with E-state index in [0.29, 0.717) is 12.0 Å². The summed E-state index contributed by atoms with van der Waals surface area (Å²) >= 11 is 0. The standard InChI is InChI=1S/C22H27F3N4O5.C2H6/c1-13-5-6-17(16(23)10-13)28-21-15(22(32)29-34-9-7-30)11-14(19(24)20(21)25)12-27-33-8-3-4-18(31)26-2;1-2/h5-6,10-11,27-28,30H,3-4,7-9,12H2,1-2H3,(H,26,31)(H,29,32);1-2H3. The van der Waals surface area contributed by atoms with Crippen LogP contribution in [0.15, 0.2) is 24.3 Å². The molecule has 2 aromatic rings. The van der Waals surface area contributed by atoms with Gasteiger partial charge in [0.1, 0.15) is 5.82 Å². The molecule has 200 valence electrons. The van der Waals surface area contributed by atoms with E-state index in [0.717, 1.165) is 6.07 Å². The van der Waals surface area contributed by atoms with Crippen molar-refractivity contribution in [3.63, 3.8) is 0 Å². The van der Waals surface area contributed by atoms with Gasteiger partial charge in [-0.2, -0.15) is 5.48 Å². The molecule has 9 nitrogen and oxygen atoms in total. The van der Waals surface area contributed by atoms with Gasteiger partial charge in [-0.1, -0.05) is 19.9 Å². The molecule has 0 aliphatic heterocycles. The quantitative estimate of drug-likeness (QED) is 0.205. The van der Waals surface area contributed by atoms with Crippen LogP contribution in [0, 0.1) is 24.4 Å². The smallest absolute Gasteiger partial charge is 0.277 e. The SMILES string of the molecule is CC.CNC(=O)CCCONCc1cc(C(=O)NOCCO)c(Nc2ccc(C)cc2F)c(F)c1F. The predicted molar refractivity (Wildman–Crippen MR) is 129 cm³/mol. The average Bonchev–Trinajstić information content (AvgIpc) is 2.87. The van der Waals surface area contributed by atoms with Gasteiger partial charge in [0.05, 0.1) is 36.8 Å². The van der Waals surface area contributed by atoms with E-state index in [1.54, 1.807) is 13.0 Å². The van der Waals surface area contributed by atoms with Crippen molar-refractivity contribution >= 4 is 23.2 Å². The number of anilines is 2. The molecular weight excluding hydrogens is 481 g/mol. The van der Waals surface area contributed by atoms with Gasteiger partial charge >= 0.3 is 0 Å². The Kier molecular flexibility index (Phi) is 14.1. The van der Waals surface area contributed by atoms with Crippen LogP contribution in [0.25, 0.3) is 0 Å². The molecule has 5 N–H and O–H groups in total. The number of hydrogen-bond donors (Lipinski definition) is 5. The first-order valence-electron chi connectivity index (χ1n) is 11.4. The zero-order chi connectivity index (χ0) is 27.1. The molecule has 0 radical (unpaired) electrons. The van der Waals surface area contributed by atoms with Crippen LogP contribution in [0.3, 0.4) is 0 Å². The van der Waals surface area contributed by atoms with E-state index in [9.17, 15) is 22.8 Å². The van der Waals surface area contributed by atoms with Crippen LogP contribution in [0.1, 0.15) is 48.2 Å². The lowest BCUT2D eigenvalue weighted by Gasteiger charge is -2.17. The van der Waals surface area contributed by atoms with Gasteiger partial charge in [0.2, 0.25) is 5.91 Å². The van der Waals surface area contributed by atoms with Crippen LogP contribution in [0.4, 0.5) is 24.5 Å². The molecule has 2 aromatic carbocycles. The molecule has 2 rings (SSSR count). The summed E-state index contributed by atoms with van der Waals surface area (Å²) in [4.78, 5) is 33.6. The van der Waals surface area contributed by atoms with Gasteiger partial charge in [0, 0.05) is 25.6 Å². The molecule has 0 spiro atoms. The monoisotopic (exact) mass is 514 g/mol. The Bertz CT molecular complexity index is 1010. The van der Waals surface area contributed by atoms with Gasteiger partial charge in [0.15, 0.2) is 11.6 Å². The number of amides is 2. The van der Waals surface area contributed by atoms with Crippen LogP contribution in [0.5, 0.6) is 0 Å². The lowest BCUT2D eigenvalue weighted by atomic mass is 10.1. The van der Waals surface area contributed by atoms with Gasteiger partial charge < -0.3 is 20.6 Å². The second-order valence-corrected chi connectivity index (χ2v) is 7.14. The Labute approximate surface area is 208 Å². The maximum absolute atomic E-state index is 15.0. The van der Waals surface area contributed by atoms with Crippen molar-refractivity contribution in [2.24, 2.45) is 0 Å². The molecule has 0 aliphatic carbocycles. The van der Waals surface area contributed by atoms with E-state index in [2.05, 4.69) is 16.1 Å². The lowest BCUT2D eigenvalue weighted by Crippen LogP contribution is -2.27. The summed E-state index contributed by atoms with van der Waals surface area (Å²) in [5, 5.41) is 13.7. The van der Waals surface area contributed by atoms with Crippen molar-refractivity contribution in [1.29, 1.82) is 0 Å².